The first-order chi connectivity index (χ1) is 14.2. The first-order valence-electron chi connectivity index (χ1n) is 9.77. The molecule has 0 heterocycles. The molecular weight excluding hydrogens is 384 g/mol. The fraction of sp³-hybridized carbons (Fsp3) is 0.364. The maximum Gasteiger partial charge on any atom is 0.269 e. The number of aryl methyl sites for hydroxylation is 3. The predicted octanol–water partition coefficient (Wildman–Crippen LogP) is 3.81. The summed E-state index contributed by atoms with van der Waals surface area (Å²) in [5.41, 5.74) is 4.70. The Labute approximate surface area is 176 Å². The second-order valence-electron chi connectivity index (χ2n) is 7.41. The highest BCUT2D eigenvalue weighted by atomic mass is 16.6. The number of nitrogens with one attached hydrogen (secondary N) is 2. The van der Waals surface area contributed by atoms with Crippen LogP contribution >= 0.6 is 0 Å². The van der Waals surface area contributed by atoms with Crippen molar-refractivity contribution in [3.63, 3.8) is 0 Å². The zero-order chi connectivity index (χ0) is 22.3. The fourth-order valence-corrected chi connectivity index (χ4v) is 3.22. The van der Waals surface area contributed by atoms with Crippen LogP contribution in [0, 0.1) is 30.9 Å². The summed E-state index contributed by atoms with van der Waals surface area (Å²) in [6.07, 6.45) is 0.879. The van der Waals surface area contributed by atoms with Crippen molar-refractivity contribution in [1.82, 2.24) is 4.90 Å². The molecule has 0 aromatic heterocycles. The summed E-state index contributed by atoms with van der Waals surface area (Å²) in [5.74, 6) is -0.349. The van der Waals surface area contributed by atoms with Crippen molar-refractivity contribution in [2.24, 2.45) is 0 Å². The molecule has 0 saturated heterocycles. The zero-order valence-electron chi connectivity index (χ0n) is 17.8. The maximum absolute atomic E-state index is 12.3. The number of nitro groups is 1. The van der Waals surface area contributed by atoms with E-state index in [2.05, 4.69) is 10.6 Å². The predicted molar refractivity (Wildman–Crippen MR) is 118 cm³/mol. The minimum Gasteiger partial charge on any atom is -0.385 e. The smallest absolute Gasteiger partial charge is 0.269 e. The Kier molecular flexibility index (Phi) is 7.91. The molecule has 0 saturated carbocycles. The van der Waals surface area contributed by atoms with Crippen molar-refractivity contribution in [2.45, 2.75) is 33.6 Å². The summed E-state index contributed by atoms with van der Waals surface area (Å²) in [7, 11) is 1.61. The molecular formula is C22H28N4O4. The van der Waals surface area contributed by atoms with Gasteiger partial charge in [0.05, 0.1) is 11.5 Å². The Morgan fingerprint density at radius 3 is 2.23 bits per heavy atom. The highest BCUT2D eigenvalue weighted by molar-refractivity contribution is 5.95. The van der Waals surface area contributed by atoms with E-state index >= 15 is 0 Å². The number of anilines is 2. The van der Waals surface area contributed by atoms with Gasteiger partial charge in [-0.15, -0.1) is 0 Å². The van der Waals surface area contributed by atoms with Gasteiger partial charge in [0.1, 0.15) is 0 Å². The van der Waals surface area contributed by atoms with Crippen molar-refractivity contribution in [2.75, 3.05) is 30.8 Å². The van der Waals surface area contributed by atoms with Gasteiger partial charge in [-0.1, -0.05) is 17.7 Å². The first kappa shape index (κ1) is 22.9. The van der Waals surface area contributed by atoms with Crippen molar-refractivity contribution >= 4 is 28.9 Å². The van der Waals surface area contributed by atoms with Gasteiger partial charge in [0, 0.05) is 43.5 Å². The number of carbonyl (C=O) groups excluding carboxylic acids is 2. The second-order valence-corrected chi connectivity index (χ2v) is 7.41. The monoisotopic (exact) mass is 412 g/mol. The highest BCUT2D eigenvalue weighted by Gasteiger charge is 2.14. The molecule has 2 amide bonds. The molecule has 0 unspecified atom stereocenters. The summed E-state index contributed by atoms with van der Waals surface area (Å²) in [4.78, 5) is 36.2. The van der Waals surface area contributed by atoms with Gasteiger partial charge in [-0.05, 0) is 50.5 Å². The third-order valence-electron chi connectivity index (χ3n) is 4.72. The lowest BCUT2D eigenvalue weighted by atomic mass is 10.1. The number of hydrogen-bond donors (Lipinski definition) is 2. The molecule has 8 heteroatoms. The minimum atomic E-state index is -0.449. The molecule has 0 aliphatic rings. The van der Waals surface area contributed by atoms with Crippen molar-refractivity contribution < 1.29 is 14.5 Å². The van der Waals surface area contributed by atoms with Gasteiger partial charge < -0.3 is 15.5 Å². The van der Waals surface area contributed by atoms with E-state index in [9.17, 15) is 19.7 Å². The Hall–Kier alpha value is -3.42. The van der Waals surface area contributed by atoms with Crippen molar-refractivity contribution in [1.29, 1.82) is 0 Å². The average molecular weight is 412 g/mol. The molecule has 2 N–H and O–H groups in total. The number of hydrogen-bond acceptors (Lipinski definition) is 5. The van der Waals surface area contributed by atoms with Gasteiger partial charge in [-0.25, -0.2) is 0 Å². The largest absolute Gasteiger partial charge is 0.385 e. The Balaban J connectivity index is 1.75. The molecule has 0 radical (unpaired) electrons. The SMILES string of the molecule is Cc1cc(C)c(NC(=O)CN(C)C(=O)CCCNc2ccc([N+](=O)[O-])cc2)c(C)c1. The van der Waals surface area contributed by atoms with Crippen LogP contribution in [-0.4, -0.2) is 41.8 Å². The molecule has 30 heavy (non-hydrogen) atoms. The molecule has 0 spiro atoms. The topological polar surface area (TPSA) is 105 Å². The number of amides is 2. The molecule has 0 aliphatic heterocycles. The van der Waals surface area contributed by atoms with E-state index in [1.54, 1.807) is 19.2 Å². The zero-order valence-corrected chi connectivity index (χ0v) is 17.8. The van der Waals surface area contributed by atoms with Crippen LogP contribution in [0.5, 0.6) is 0 Å². The lowest BCUT2D eigenvalue weighted by molar-refractivity contribution is -0.384. The number of non-ortho nitro benzene ring substituents is 1. The molecule has 0 bridgehead atoms. The van der Waals surface area contributed by atoms with Gasteiger partial charge in [-0.3, -0.25) is 19.7 Å². The average Bonchev–Trinajstić information content (AvgIpc) is 2.68. The van der Waals surface area contributed by atoms with E-state index in [0.717, 1.165) is 28.1 Å². The third kappa shape index (κ3) is 6.58. The van der Waals surface area contributed by atoms with Crippen LogP contribution in [0.25, 0.3) is 0 Å². The van der Waals surface area contributed by atoms with Crippen molar-refractivity contribution in [3.8, 4) is 0 Å². The van der Waals surface area contributed by atoms with E-state index in [1.807, 2.05) is 32.9 Å². The van der Waals surface area contributed by atoms with Gasteiger partial charge in [-0.2, -0.15) is 0 Å². The third-order valence-corrected chi connectivity index (χ3v) is 4.72. The van der Waals surface area contributed by atoms with E-state index in [1.165, 1.54) is 17.0 Å². The fourth-order valence-electron chi connectivity index (χ4n) is 3.22. The molecule has 2 aromatic carbocycles. The standard InChI is InChI=1S/C22H28N4O4/c1-15-12-16(2)22(17(3)13-15)24-20(27)14-25(4)21(28)6-5-11-23-18-7-9-19(10-8-18)26(29)30/h7-10,12-13,23H,5-6,11,14H2,1-4H3,(H,24,27). The van der Waals surface area contributed by atoms with Crippen LogP contribution in [0.2, 0.25) is 0 Å². The number of nitro benzene ring substituents is 1. The van der Waals surface area contributed by atoms with Crippen molar-refractivity contribution in [3.05, 3.63) is 63.2 Å². The molecule has 0 fully saturated rings. The molecule has 160 valence electrons. The lowest BCUT2D eigenvalue weighted by Crippen LogP contribution is -2.35. The summed E-state index contributed by atoms with van der Waals surface area (Å²) >= 11 is 0. The number of nitrogens with zero attached hydrogens (tertiary/aromatic N) is 2. The number of carbonyl (C=O) groups is 2. The number of rotatable bonds is 9. The Morgan fingerprint density at radius 1 is 1.07 bits per heavy atom. The van der Waals surface area contributed by atoms with E-state index in [4.69, 9.17) is 0 Å². The van der Waals surface area contributed by atoms with E-state index < -0.39 is 4.92 Å². The number of benzene rings is 2. The van der Waals surface area contributed by atoms with Gasteiger partial charge >= 0.3 is 0 Å². The summed E-state index contributed by atoms with van der Waals surface area (Å²) in [5, 5.41) is 16.7. The molecule has 2 rings (SSSR count). The van der Waals surface area contributed by atoms with Gasteiger partial charge in [0.2, 0.25) is 11.8 Å². The normalized spacial score (nSPS) is 10.4. The Morgan fingerprint density at radius 2 is 1.67 bits per heavy atom. The second kappa shape index (κ2) is 10.4. The summed E-state index contributed by atoms with van der Waals surface area (Å²) in [6, 6.07) is 10.1. The first-order valence-corrected chi connectivity index (χ1v) is 9.77. The van der Waals surface area contributed by atoms with Crippen LogP contribution < -0.4 is 10.6 Å². The minimum absolute atomic E-state index is 0.0125. The molecule has 8 nitrogen and oxygen atoms in total. The Bertz CT molecular complexity index is 902. The van der Waals surface area contributed by atoms with Crippen LogP contribution in [0.15, 0.2) is 36.4 Å². The van der Waals surface area contributed by atoms with Gasteiger partial charge in [0.25, 0.3) is 5.69 Å². The summed E-state index contributed by atoms with van der Waals surface area (Å²) in [6.45, 7) is 6.44. The molecule has 2 aromatic rings. The highest BCUT2D eigenvalue weighted by Crippen LogP contribution is 2.21. The molecule has 0 aliphatic carbocycles. The maximum atomic E-state index is 12.3. The molecule has 0 atom stereocenters. The van der Waals surface area contributed by atoms with Crippen LogP contribution in [0.1, 0.15) is 29.5 Å². The van der Waals surface area contributed by atoms with E-state index in [-0.39, 0.29) is 24.0 Å². The van der Waals surface area contributed by atoms with E-state index in [0.29, 0.717) is 19.4 Å². The van der Waals surface area contributed by atoms with Gasteiger partial charge in [0.15, 0.2) is 0 Å². The number of likely N-dealkylation sites (N-methyl/N-ethyl adjacent to an activating group) is 1. The van der Waals surface area contributed by atoms with Crippen LogP contribution in [-0.2, 0) is 9.59 Å². The van der Waals surface area contributed by atoms with Crippen LogP contribution in [0.4, 0.5) is 17.1 Å². The summed E-state index contributed by atoms with van der Waals surface area (Å²) < 4.78 is 0. The lowest BCUT2D eigenvalue weighted by Gasteiger charge is -2.18. The quantitative estimate of drug-likeness (QED) is 0.370. The van der Waals surface area contributed by atoms with Crippen LogP contribution in [0.3, 0.4) is 0 Å².